The van der Waals surface area contributed by atoms with E-state index in [1.807, 2.05) is 12.1 Å². The molecule has 2 N–H and O–H groups in total. The first-order valence-corrected chi connectivity index (χ1v) is 6.83. The normalized spacial score (nSPS) is 12.8. The SMILES string of the molecule is Cc1ccc(C(N)c2ccc(Cl)s2)cc1Br. The van der Waals surface area contributed by atoms with Gasteiger partial charge in [-0.1, -0.05) is 39.7 Å². The van der Waals surface area contributed by atoms with Crippen LogP contribution in [-0.4, -0.2) is 0 Å². The molecule has 1 aromatic carbocycles. The molecule has 2 aromatic rings. The average Bonchev–Trinajstić information content (AvgIpc) is 2.68. The van der Waals surface area contributed by atoms with Crippen molar-refractivity contribution in [2.24, 2.45) is 5.73 Å². The summed E-state index contributed by atoms with van der Waals surface area (Å²) in [5.41, 5.74) is 8.48. The van der Waals surface area contributed by atoms with E-state index in [9.17, 15) is 0 Å². The summed E-state index contributed by atoms with van der Waals surface area (Å²) in [4.78, 5) is 1.08. The minimum Gasteiger partial charge on any atom is -0.320 e. The van der Waals surface area contributed by atoms with Gasteiger partial charge in [0.25, 0.3) is 0 Å². The second kappa shape index (κ2) is 4.88. The molecule has 0 bridgehead atoms. The third kappa shape index (κ3) is 2.48. The first kappa shape index (κ1) is 12.1. The van der Waals surface area contributed by atoms with Gasteiger partial charge in [0, 0.05) is 9.35 Å². The molecule has 0 aliphatic carbocycles. The lowest BCUT2D eigenvalue weighted by Gasteiger charge is -2.11. The van der Waals surface area contributed by atoms with E-state index in [0.29, 0.717) is 0 Å². The summed E-state index contributed by atoms with van der Waals surface area (Å²) in [6.07, 6.45) is 0. The second-order valence-corrected chi connectivity index (χ2v) is 6.23. The van der Waals surface area contributed by atoms with E-state index in [1.54, 1.807) is 0 Å². The lowest BCUT2D eigenvalue weighted by atomic mass is 10.0. The minimum absolute atomic E-state index is 0.102. The monoisotopic (exact) mass is 315 g/mol. The Kier molecular flexibility index (Phi) is 3.70. The Morgan fingerprint density at radius 3 is 2.62 bits per heavy atom. The van der Waals surface area contributed by atoms with Gasteiger partial charge in [0.2, 0.25) is 0 Å². The van der Waals surface area contributed by atoms with Crippen LogP contribution in [0.2, 0.25) is 4.34 Å². The maximum atomic E-state index is 6.18. The average molecular weight is 317 g/mol. The number of rotatable bonds is 2. The Morgan fingerprint density at radius 2 is 2.06 bits per heavy atom. The number of benzene rings is 1. The lowest BCUT2D eigenvalue weighted by Crippen LogP contribution is -2.10. The number of halogens is 2. The van der Waals surface area contributed by atoms with Gasteiger partial charge in [0.05, 0.1) is 10.4 Å². The van der Waals surface area contributed by atoms with Crippen molar-refractivity contribution in [2.75, 3.05) is 0 Å². The van der Waals surface area contributed by atoms with Crippen LogP contribution in [0.1, 0.15) is 22.0 Å². The zero-order chi connectivity index (χ0) is 11.7. The molecule has 0 spiro atoms. The minimum atomic E-state index is -0.102. The van der Waals surface area contributed by atoms with Crippen molar-refractivity contribution in [2.45, 2.75) is 13.0 Å². The van der Waals surface area contributed by atoms with Crippen molar-refractivity contribution in [3.63, 3.8) is 0 Å². The van der Waals surface area contributed by atoms with E-state index in [4.69, 9.17) is 17.3 Å². The number of nitrogens with two attached hydrogens (primary N) is 1. The van der Waals surface area contributed by atoms with E-state index in [0.717, 1.165) is 19.2 Å². The van der Waals surface area contributed by atoms with Crippen LogP contribution in [0.15, 0.2) is 34.8 Å². The Bertz CT molecular complexity index is 509. The van der Waals surface area contributed by atoms with Crippen molar-refractivity contribution in [1.29, 1.82) is 0 Å². The predicted molar refractivity (Wildman–Crippen MR) is 74.2 cm³/mol. The van der Waals surface area contributed by atoms with Crippen LogP contribution >= 0.6 is 38.9 Å². The molecule has 1 atom stereocenters. The Labute approximate surface area is 112 Å². The fraction of sp³-hybridized carbons (Fsp3) is 0.167. The van der Waals surface area contributed by atoms with Gasteiger partial charge in [-0.2, -0.15) is 0 Å². The fourth-order valence-electron chi connectivity index (χ4n) is 1.46. The van der Waals surface area contributed by atoms with Crippen molar-refractivity contribution < 1.29 is 0 Å². The Morgan fingerprint density at radius 1 is 1.31 bits per heavy atom. The molecular weight excluding hydrogens is 306 g/mol. The molecule has 2 rings (SSSR count). The number of hydrogen-bond donors (Lipinski definition) is 1. The van der Waals surface area contributed by atoms with Crippen LogP contribution in [0.25, 0.3) is 0 Å². The van der Waals surface area contributed by atoms with Crippen LogP contribution < -0.4 is 5.73 Å². The summed E-state index contributed by atoms with van der Waals surface area (Å²) in [6.45, 7) is 2.06. The molecule has 1 aromatic heterocycles. The maximum absolute atomic E-state index is 6.18. The van der Waals surface area contributed by atoms with E-state index in [-0.39, 0.29) is 6.04 Å². The second-order valence-electron chi connectivity index (χ2n) is 3.63. The smallest absolute Gasteiger partial charge is 0.0931 e. The molecule has 1 heterocycles. The fourth-order valence-corrected chi connectivity index (χ4v) is 2.95. The summed E-state index contributed by atoms with van der Waals surface area (Å²) in [5, 5.41) is 0. The molecule has 4 heteroatoms. The van der Waals surface area contributed by atoms with Gasteiger partial charge in [-0.05, 0) is 36.2 Å². The van der Waals surface area contributed by atoms with E-state index < -0.39 is 0 Å². The highest BCUT2D eigenvalue weighted by molar-refractivity contribution is 9.10. The molecule has 0 fully saturated rings. The van der Waals surface area contributed by atoms with Crippen LogP contribution in [0.4, 0.5) is 0 Å². The quantitative estimate of drug-likeness (QED) is 0.866. The van der Waals surface area contributed by atoms with Crippen LogP contribution in [-0.2, 0) is 0 Å². The molecule has 16 heavy (non-hydrogen) atoms. The van der Waals surface area contributed by atoms with Crippen molar-refractivity contribution >= 4 is 38.9 Å². The topological polar surface area (TPSA) is 26.0 Å². The molecule has 0 saturated carbocycles. The van der Waals surface area contributed by atoms with Crippen LogP contribution in [0, 0.1) is 6.92 Å². The summed E-state index contributed by atoms with van der Waals surface area (Å²) in [7, 11) is 0. The molecule has 0 radical (unpaired) electrons. The highest BCUT2D eigenvalue weighted by Crippen LogP contribution is 2.31. The molecule has 0 amide bonds. The largest absolute Gasteiger partial charge is 0.320 e. The molecule has 1 unspecified atom stereocenters. The number of hydrogen-bond acceptors (Lipinski definition) is 2. The molecule has 0 aliphatic rings. The Balaban J connectivity index is 2.33. The summed E-state index contributed by atoms with van der Waals surface area (Å²) < 4.78 is 1.86. The Hall–Kier alpha value is -0.350. The molecule has 84 valence electrons. The zero-order valence-corrected chi connectivity index (χ0v) is 11.9. The predicted octanol–water partition coefficient (Wildman–Crippen LogP) is 4.52. The zero-order valence-electron chi connectivity index (χ0n) is 8.71. The van der Waals surface area contributed by atoms with Gasteiger partial charge in [-0.15, -0.1) is 11.3 Å². The third-order valence-corrected chi connectivity index (χ3v) is 4.62. The number of aryl methyl sites for hydroxylation is 1. The standard InChI is InChI=1S/C12H11BrClNS/c1-7-2-3-8(6-9(7)13)12(15)10-4-5-11(14)16-10/h2-6,12H,15H2,1H3. The van der Waals surface area contributed by atoms with Gasteiger partial charge < -0.3 is 5.73 Å². The summed E-state index contributed by atoms with van der Waals surface area (Å²) in [6, 6.07) is 9.94. The van der Waals surface area contributed by atoms with Crippen molar-refractivity contribution in [1.82, 2.24) is 0 Å². The number of thiophene rings is 1. The lowest BCUT2D eigenvalue weighted by molar-refractivity contribution is 0.891. The van der Waals surface area contributed by atoms with Gasteiger partial charge in [0.15, 0.2) is 0 Å². The highest BCUT2D eigenvalue weighted by Gasteiger charge is 2.12. The molecule has 0 saturated heterocycles. The van der Waals surface area contributed by atoms with Gasteiger partial charge in [-0.25, -0.2) is 0 Å². The van der Waals surface area contributed by atoms with Crippen LogP contribution in [0.5, 0.6) is 0 Å². The van der Waals surface area contributed by atoms with Gasteiger partial charge >= 0.3 is 0 Å². The third-order valence-electron chi connectivity index (χ3n) is 2.46. The molecule has 0 aliphatic heterocycles. The molecule has 1 nitrogen and oxygen atoms in total. The van der Waals surface area contributed by atoms with Gasteiger partial charge in [0.1, 0.15) is 0 Å². The maximum Gasteiger partial charge on any atom is 0.0931 e. The van der Waals surface area contributed by atoms with Crippen molar-refractivity contribution in [3.8, 4) is 0 Å². The van der Waals surface area contributed by atoms with E-state index >= 15 is 0 Å². The molecular formula is C12H11BrClNS. The first-order valence-electron chi connectivity index (χ1n) is 4.85. The highest BCUT2D eigenvalue weighted by atomic mass is 79.9. The van der Waals surface area contributed by atoms with Crippen molar-refractivity contribution in [3.05, 3.63) is 55.1 Å². The van der Waals surface area contributed by atoms with Gasteiger partial charge in [-0.3, -0.25) is 0 Å². The summed E-state index contributed by atoms with van der Waals surface area (Å²) in [5.74, 6) is 0. The van der Waals surface area contributed by atoms with E-state index in [2.05, 4.69) is 41.1 Å². The summed E-state index contributed by atoms with van der Waals surface area (Å²) >= 11 is 10.9. The van der Waals surface area contributed by atoms with E-state index in [1.165, 1.54) is 16.9 Å². The van der Waals surface area contributed by atoms with Crippen LogP contribution in [0.3, 0.4) is 0 Å². The first-order chi connectivity index (χ1) is 7.58.